The number of H-pyrrole nitrogens is 1. The van der Waals surface area contributed by atoms with Crippen molar-refractivity contribution in [1.29, 1.82) is 0 Å². The van der Waals surface area contributed by atoms with Crippen LogP contribution < -0.4 is 10.1 Å². The molecule has 1 amide bonds. The predicted octanol–water partition coefficient (Wildman–Crippen LogP) is 5.56. The van der Waals surface area contributed by atoms with Gasteiger partial charge in [-0.05, 0) is 47.9 Å². The van der Waals surface area contributed by atoms with E-state index in [1.807, 2.05) is 78.9 Å². The largest absolute Gasteiger partial charge is 0.489 e. The molecule has 0 spiro atoms. The normalized spacial score (nSPS) is 10.8. The van der Waals surface area contributed by atoms with Crippen LogP contribution in [-0.2, 0) is 13.0 Å². The number of carbonyl (C=O) groups excluding carboxylic acids is 1. The molecule has 0 saturated carbocycles. The Morgan fingerprint density at radius 1 is 0.929 bits per heavy atom. The Balaban J connectivity index is 1.46. The van der Waals surface area contributed by atoms with Crippen LogP contribution in [0, 0.1) is 0 Å². The molecule has 0 radical (unpaired) electrons. The van der Waals surface area contributed by atoms with Gasteiger partial charge in [0, 0.05) is 22.7 Å². The number of ether oxygens (including phenoxy) is 1. The zero-order valence-corrected chi connectivity index (χ0v) is 15.7. The van der Waals surface area contributed by atoms with Crippen LogP contribution in [0.15, 0.2) is 78.9 Å². The molecule has 0 unspecified atom stereocenters. The number of fused-ring (bicyclic) bond motifs is 1. The molecule has 0 aliphatic heterocycles. The van der Waals surface area contributed by atoms with Crippen LogP contribution in [-0.4, -0.2) is 10.9 Å². The second-order valence-electron chi connectivity index (χ2n) is 6.71. The van der Waals surface area contributed by atoms with Gasteiger partial charge in [-0.25, -0.2) is 0 Å². The zero-order chi connectivity index (χ0) is 19.3. The van der Waals surface area contributed by atoms with Gasteiger partial charge in [0.1, 0.15) is 18.1 Å². The molecule has 0 saturated heterocycles. The van der Waals surface area contributed by atoms with E-state index in [1.54, 1.807) is 0 Å². The summed E-state index contributed by atoms with van der Waals surface area (Å²) >= 11 is 0. The Morgan fingerprint density at radius 2 is 1.71 bits per heavy atom. The number of carbonyl (C=O) groups is 1. The summed E-state index contributed by atoms with van der Waals surface area (Å²) in [4.78, 5) is 15.7. The average molecular weight is 370 g/mol. The fourth-order valence-electron chi connectivity index (χ4n) is 3.08. The number of rotatable bonds is 6. The number of amides is 1. The molecule has 3 aromatic carbocycles. The third kappa shape index (κ3) is 4.07. The van der Waals surface area contributed by atoms with E-state index in [-0.39, 0.29) is 5.91 Å². The first-order valence-corrected chi connectivity index (χ1v) is 9.41. The molecule has 28 heavy (non-hydrogen) atoms. The van der Waals surface area contributed by atoms with E-state index in [0.29, 0.717) is 12.3 Å². The van der Waals surface area contributed by atoms with Crippen LogP contribution in [0.2, 0.25) is 0 Å². The summed E-state index contributed by atoms with van der Waals surface area (Å²) in [6, 6.07) is 25.6. The van der Waals surface area contributed by atoms with Crippen molar-refractivity contribution in [1.82, 2.24) is 4.98 Å². The maximum atomic E-state index is 12.6. The van der Waals surface area contributed by atoms with Gasteiger partial charge in [0.2, 0.25) is 0 Å². The smallest absolute Gasteiger partial charge is 0.272 e. The van der Waals surface area contributed by atoms with Crippen LogP contribution in [0.5, 0.6) is 5.75 Å². The van der Waals surface area contributed by atoms with Gasteiger partial charge in [0.05, 0.1) is 0 Å². The molecule has 4 rings (SSSR count). The van der Waals surface area contributed by atoms with Crippen molar-refractivity contribution < 1.29 is 9.53 Å². The van der Waals surface area contributed by atoms with Crippen molar-refractivity contribution in [3.63, 3.8) is 0 Å². The summed E-state index contributed by atoms with van der Waals surface area (Å²) in [5.74, 6) is 0.604. The van der Waals surface area contributed by atoms with Gasteiger partial charge in [0.25, 0.3) is 5.91 Å². The summed E-state index contributed by atoms with van der Waals surface area (Å²) in [6.07, 6.45) is 0.977. The fourth-order valence-corrected chi connectivity index (χ4v) is 3.08. The van der Waals surface area contributed by atoms with E-state index >= 15 is 0 Å². The van der Waals surface area contributed by atoms with E-state index in [4.69, 9.17) is 4.74 Å². The standard InChI is InChI=1S/C24H22N2O2/c1-2-17-8-11-20(12-9-17)25-24(27)23-14-19-10-13-21(15-22(19)26-23)28-16-18-6-4-3-5-7-18/h3-15,26H,2,16H2,1H3,(H,25,27). The van der Waals surface area contributed by atoms with E-state index < -0.39 is 0 Å². The summed E-state index contributed by atoms with van der Waals surface area (Å²) in [7, 11) is 0. The highest BCUT2D eigenvalue weighted by Gasteiger charge is 2.10. The van der Waals surface area contributed by atoms with Crippen molar-refractivity contribution in [3.05, 3.63) is 95.7 Å². The lowest BCUT2D eigenvalue weighted by Gasteiger charge is -2.06. The number of benzene rings is 3. The third-order valence-corrected chi connectivity index (χ3v) is 4.71. The van der Waals surface area contributed by atoms with Crippen LogP contribution in [0.3, 0.4) is 0 Å². The lowest BCUT2D eigenvalue weighted by Crippen LogP contribution is -2.12. The number of aromatic nitrogens is 1. The van der Waals surface area contributed by atoms with Gasteiger partial charge in [-0.3, -0.25) is 4.79 Å². The first-order valence-electron chi connectivity index (χ1n) is 9.41. The van der Waals surface area contributed by atoms with Crippen molar-refractivity contribution in [3.8, 4) is 5.75 Å². The summed E-state index contributed by atoms with van der Waals surface area (Å²) < 4.78 is 5.87. The Morgan fingerprint density at radius 3 is 2.46 bits per heavy atom. The second kappa shape index (κ2) is 8.01. The van der Waals surface area contributed by atoms with E-state index in [9.17, 15) is 4.79 Å². The van der Waals surface area contributed by atoms with Gasteiger partial charge in [0.15, 0.2) is 0 Å². The van der Waals surface area contributed by atoms with Gasteiger partial charge < -0.3 is 15.0 Å². The molecular formula is C24H22N2O2. The minimum atomic E-state index is -0.160. The molecule has 2 N–H and O–H groups in total. The van der Waals surface area contributed by atoms with Gasteiger partial charge in [-0.2, -0.15) is 0 Å². The SMILES string of the molecule is CCc1ccc(NC(=O)c2cc3ccc(OCc4ccccc4)cc3[nH]2)cc1. The first kappa shape index (κ1) is 17.9. The van der Waals surface area contributed by atoms with Crippen molar-refractivity contribution in [2.75, 3.05) is 5.32 Å². The number of hydrogen-bond donors (Lipinski definition) is 2. The number of aryl methyl sites for hydroxylation is 1. The van der Waals surface area contributed by atoms with Gasteiger partial charge in [-0.1, -0.05) is 49.4 Å². The van der Waals surface area contributed by atoms with Crippen molar-refractivity contribution in [2.24, 2.45) is 0 Å². The highest BCUT2D eigenvalue weighted by Crippen LogP contribution is 2.23. The van der Waals surface area contributed by atoms with Crippen LogP contribution >= 0.6 is 0 Å². The highest BCUT2D eigenvalue weighted by atomic mass is 16.5. The average Bonchev–Trinajstić information content (AvgIpc) is 3.17. The molecule has 0 atom stereocenters. The quantitative estimate of drug-likeness (QED) is 0.467. The van der Waals surface area contributed by atoms with Crippen LogP contribution in [0.4, 0.5) is 5.69 Å². The Bertz CT molecular complexity index is 1080. The van der Waals surface area contributed by atoms with Crippen molar-refractivity contribution >= 4 is 22.5 Å². The second-order valence-corrected chi connectivity index (χ2v) is 6.71. The summed E-state index contributed by atoms with van der Waals surface area (Å²) in [5, 5.41) is 3.90. The summed E-state index contributed by atoms with van der Waals surface area (Å²) in [5.41, 5.74) is 4.54. The number of aromatic amines is 1. The maximum absolute atomic E-state index is 12.6. The maximum Gasteiger partial charge on any atom is 0.272 e. The molecule has 0 fully saturated rings. The molecule has 1 aromatic heterocycles. The molecule has 0 aliphatic carbocycles. The molecule has 1 heterocycles. The Hall–Kier alpha value is -3.53. The highest BCUT2D eigenvalue weighted by molar-refractivity contribution is 6.06. The number of anilines is 1. The zero-order valence-electron chi connectivity index (χ0n) is 15.7. The molecule has 4 heteroatoms. The minimum absolute atomic E-state index is 0.160. The van der Waals surface area contributed by atoms with Gasteiger partial charge in [-0.15, -0.1) is 0 Å². The van der Waals surface area contributed by atoms with Gasteiger partial charge >= 0.3 is 0 Å². The number of hydrogen-bond acceptors (Lipinski definition) is 2. The fraction of sp³-hybridized carbons (Fsp3) is 0.125. The van der Waals surface area contributed by atoms with Crippen molar-refractivity contribution in [2.45, 2.75) is 20.0 Å². The molecule has 4 nitrogen and oxygen atoms in total. The van der Waals surface area contributed by atoms with Crippen LogP contribution in [0.1, 0.15) is 28.5 Å². The Kier molecular flexibility index (Phi) is 5.11. The molecular weight excluding hydrogens is 348 g/mol. The van der Waals surface area contributed by atoms with E-state index in [0.717, 1.165) is 34.3 Å². The van der Waals surface area contributed by atoms with Crippen LogP contribution in [0.25, 0.3) is 10.9 Å². The molecule has 4 aromatic rings. The predicted molar refractivity (Wildman–Crippen MR) is 113 cm³/mol. The monoisotopic (exact) mass is 370 g/mol. The lowest BCUT2D eigenvalue weighted by atomic mass is 10.1. The number of nitrogens with one attached hydrogen (secondary N) is 2. The lowest BCUT2D eigenvalue weighted by molar-refractivity contribution is 0.102. The third-order valence-electron chi connectivity index (χ3n) is 4.71. The minimum Gasteiger partial charge on any atom is -0.489 e. The van der Waals surface area contributed by atoms with E-state index in [2.05, 4.69) is 17.2 Å². The van der Waals surface area contributed by atoms with E-state index in [1.165, 1.54) is 5.56 Å². The topological polar surface area (TPSA) is 54.1 Å². The summed E-state index contributed by atoms with van der Waals surface area (Å²) in [6.45, 7) is 2.62. The molecule has 140 valence electrons. The first-order chi connectivity index (χ1) is 13.7. The molecule has 0 bridgehead atoms. The molecule has 0 aliphatic rings. The Labute approximate surface area is 164 Å².